The minimum absolute atomic E-state index is 0.728. The first-order valence-electron chi connectivity index (χ1n) is 13.2. The highest BCUT2D eigenvalue weighted by Gasteiger charge is 2.22. The lowest BCUT2D eigenvalue weighted by atomic mass is 9.77. The Bertz CT molecular complexity index is 1010. The van der Waals surface area contributed by atoms with E-state index in [1.807, 2.05) is 12.1 Å². The van der Waals surface area contributed by atoms with E-state index in [1.165, 1.54) is 80.9 Å². The van der Waals surface area contributed by atoms with Crippen LogP contribution in [-0.4, -0.2) is 7.11 Å². The summed E-state index contributed by atoms with van der Waals surface area (Å²) in [6.07, 6.45) is 14.0. The van der Waals surface area contributed by atoms with Crippen molar-refractivity contribution in [3.63, 3.8) is 0 Å². The van der Waals surface area contributed by atoms with Gasteiger partial charge >= 0.3 is 0 Å². The van der Waals surface area contributed by atoms with E-state index in [1.54, 1.807) is 7.11 Å². The summed E-state index contributed by atoms with van der Waals surface area (Å²) in [7, 11) is 1.68. The average molecular weight is 475 g/mol. The molecular weight excluding hydrogens is 436 g/mol. The van der Waals surface area contributed by atoms with Crippen LogP contribution in [0.1, 0.15) is 82.6 Å². The van der Waals surface area contributed by atoms with Gasteiger partial charge in [0.05, 0.1) is 7.11 Å². The van der Waals surface area contributed by atoms with Gasteiger partial charge < -0.3 is 4.74 Å². The Morgan fingerprint density at radius 1 is 0.735 bits per heavy atom. The van der Waals surface area contributed by atoms with Crippen molar-refractivity contribution in [1.82, 2.24) is 0 Å². The van der Waals surface area contributed by atoms with Gasteiger partial charge in [-0.1, -0.05) is 106 Å². The molecule has 0 radical (unpaired) electrons. The van der Waals surface area contributed by atoms with Crippen LogP contribution in [0.5, 0.6) is 5.75 Å². The van der Waals surface area contributed by atoms with Gasteiger partial charge in [-0.3, -0.25) is 0 Å². The van der Waals surface area contributed by atoms with Crippen LogP contribution in [0, 0.1) is 5.92 Å². The van der Waals surface area contributed by atoms with Crippen LogP contribution < -0.4 is 4.74 Å². The number of benzene rings is 3. The highest BCUT2D eigenvalue weighted by Crippen LogP contribution is 2.39. The molecule has 2 heteroatoms. The third-order valence-electron chi connectivity index (χ3n) is 7.65. The van der Waals surface area contributed by atoms with E-state index in [0.29, 0.717) is 0 Å². The maximum atomic E-state index is 6.68. The van der Waals surface area contributed by atoms with Crippen molar-refractivity contribution in [2.24, 2.45) is 5.92 Å². The number of hydrogen-bond donors (Lipinski definition) is 0. The second-order valence-corrected chi connectivity index (χ2v) is 10.4. The fourth-order valence-corrected chi connectivity index (χ4v) is 5.76. The number of ether oxygens (including phenoxy) is 1. The molecule has 0 N–H and O–H groups in total. The zero-order valence-electron chi connectivity index (χ0n) is 20.9. The SMILES string of the molecule is CCCCCCCC1CCC(c2ccc(-c3ccc(-c4ccc(OC)cc4)c(Cl)c3)cc2)CC1. The van der Waals surface area contributed by atoms with Crippen LogP contribution in [0.3, 0.4) is 0 Å². The topological polar surface area (TPSA) is 9.23 Å². The summed E-state index contributed by atoms with van der Waals surface area (Å²) in [6.45, 7) is 2.29. The third-order valence-corrected chi connectivity index (χ3v) is 7.96. The van der Waals surface area contributed by atoms with Crippen molar-refractivity contribution >= 4 is 11.6 Å². The van der Waals surface area contributed by atoms with Crippen LogP contribution in [0.2, 0.25) is 5.02 Å². The molecule has 0 bridgehead atoms. The van der Waals surface area contributed by atoms with E-state index in [-0.39, 0.29) is 0 Å². The molecule has 0 aliphatic heterocycles. The first kappa shape index (κ1) is 24.9. The largest absolute Gasteiger partial charge is 0.497 e. The summed E-state index contributed by atoms with van der Waals surface area (Å²) in [6, 6.07) is 23.7. The molecule has 0 unspecified atom stereocenters. The molecule has 180 valence electrons. The standard InChI is InChI=1S/C32H39ClO/c1-3-4-5-6-7-8-24-9-11-25(12-10-24)26-13-15-27(16-14-26)29-19-22-31(32(33)23-29)28-17-20-30(34-2)21-18-28/h13-25H,3-12H2,1-2H3. The summed E-state index contributed by atoms with van der Waals surface area (Å²) in [4.78, 5) is 0. The Labute approximate surface area is 211 Å². The Morgan fingerprint density at radius 2 is 1.38 bits per heavy atom. The fourth-order valence-electron chi connectivity index (χ4n) is 5.47. The highest BCUT2D eigenvalue weighted by atomic mass is 35.5. The van der Waals surface area contributed by atoms with Crippen molar-refractivity contribution in [3.8, 4) is 28.0 Å². The summed E-state index contributed by atoms with van der Waals surface area (Å²) in [5, 5.41) is 0.778. The summed E-state index contributed by atoms with van der Waals surface area (Å²) < 4.78 is 5.26. The molecule has 3 aromatic carbocycles. The molecule has 0 heterocycles. The molecule has 1 saturated carbocycles. The van der Waals surface area contributed by atoms with E-state index >= 15 is 0 Å². The van der Waals surface area contributed by atoms with Gasteiger partial charge in [-0.2, -0.15) is 0 Å². The van der Waals surface area contributed by atoms with E-state index in [0.717, 1.165) is 33.7 Å². The Hall–Kier alpha value is -2.25. The van der Waals surface area contributed by atoms with E-state index in [2.05, 4.69) is 61.5 Å². The number of halogens is 1. The van der Waals surface area contributed by atoms with Crippen LogP contribution in [0.25, 0.3) is 22.3 Å². The average Bonchev–Trinajstić information content (AvgIpc) is 2.89. The zero-order chi connectivity index (χ0) is 23.8. The van der Waals surface area contributed by atoms with Gasteiger partial charge in [0, 0.05) is 10.6 Å². The fraction of sp³-hybridized carbons (Fsp3) is 0.438. The lowest BCUT2D eigenvalue weighted by molar-refractivity contribution is 0.302. The normalized spacial score (nSPS) is 18.1. The quantitative estimate of drug-likeness (QED) is 0.265. The Balaban J connectivity index is 1.33. The van der Waals surface area contributed by atoms with Gasteiger partial charge in [0.2, 0.25) is 0 Å². The minimum Gasteiger partial charge on any atom is -0.497 e. The van der Waals surface area contributed by atoms with Crippen molar-refractivity contribution < 1.29 is 4.74 Å². The molecule has 1 aliphatic rings. The van der Waals surface area contributed by atoms with Gasteiger partial charge in [-0.05, 0) is 78.0 Å². The smallest absolute Gasteiger partial charge is 0.118 e. The lowest BCUT2D eigenvalue weighted by Crippen LogP contribution is -2.13. The molecule has 0 amide bonds. The molecule has 4 rings (SSSR count). The Morgan fingerprint density at radius 3 is 2.03 bits per heavy atom. The molecule has 34 heavy (non-hydrogen) atoms. The van der Waals surface area contributed by atoms with Crippen LogP contribution in [-0.2, 0) is 0 Å². The number of hydrogen-bond acceptors (Lipinski definition) is 1. The van der Waals surface area contributed by atoms with Gasteiger partial charge in [0.25, 0.3) is 0 Å². The number of unbranched alkanes of at least 4 members (excludes halogenated alkanes) is 4. The maximum Gasteiger partial charge on any atom is 0.118 e. The second kappa shape index (κ2) is 12.5. The maximum absolute atomic E-state index is 6.68. The highest BCUT2D eigenvalue weighted by molar-refractivity contribution is 6.33. The first-order chi connectivity index (χ1) is 16.7. The van der Waals surface area contributed by atoms with E-state index in [4.69, 9.17) is 16.3 Å². The van der Waals surface area contributed by atoms with Crippen molar-refractivity contribution in [2.75, 3.05) is 7.11 Å². The zero-order valence-corrected chi connectivity index (χ0v) is 21.6. The summed E-state index contributed by atoms with van der Waals surface area (Å²) >= 11 is 6.68. The molecule has 0 spiro atoms. The van der Waals surface area contributed by atoms with Crippen LogP contribution >= 0.6 is 11.6 Å². The predicted molar refractivity (Wildman–Crippen MR) is 147 cm³/mol. The van der Waals surface area contributed by atoms with Crippen molar-refractivity contribution in [2.45, 2.75) is 77.0 Å². The van der Waals surface area contributed by atoms with E-state index in [9.17, 15) is 0 Å². The monoisotopic (exact) mass is 474 g/mol. The molecule has 0 atom stereocenters. The lowest BCUT2D eigenvalue weighted by Gasteiger charge is -2.29. The summed E-state index contributed by atoms with van der Waals surface area (Å²) in [5.41, 5.74) is 6.05. The molecule has 0 aromatic heterocycles. The van der Waals surface area contributed by atoms with Crippen molar-refractivity contribution in [3.05, 3.63) is 77.3 Å². The molecule has 0 saturated heterocycles. The molecule has 1 nitrogen and oxygen atoms in total. The van der Waals surface area contributed by atoms with Gasteiger partial charge in [0.1, 0.15) is 5.75 Å². The van der Waals surface area contributed by atoms with Crippen molar-refractivity contribution in [1.29, 1.82) is 0 Å². The molecule has 1 fully saturated rings. The van der Waals surface area contributed by atoms with Crippen LogP contribution in [0.15, 0.2) is 66.7 Å². The predicted octanol–water partition coefficient (Wildman–Crippen LogP) is 10.3. The number of rotatable bonds is 10. The van der Waals surface area contributed by atoms with E-state index < -0.39 is 0 Å². The first-order valence-corrected chi connectivity index (χ1v) is 13.6. The second-order valence-electron chi connectivity index (χ2n) is 9.97. The Kier molecular flexibility index (Phi) is 9.11. The van der Waals surface area contributed by atoms with Gasteiger partial charge in [-0.25, -0.2) is 0 Å². The molecular formula is C32H39ClO. The molecule has 3 aromatic rings. The minimum atomic E-state index is 0.728. The third kappa shape index (κ3) is 6.45. The van der Waals surface area contributed by atoms with Gasteiger partial charge in [-0.15, -0.1) is 0 Å². The molecule has 1 aliphatic carbocycles. The van der Waals surface area contributed by atoms with Crippen LogP contribution in [0.4, 0.5) is 0 Å². The number of methoxy groups -OCH3 is 1. The summed E-state index contributed by atoms with van der Waals surface area (Å²) in [5.74, 6) is 2.54. The van der Waals surface area contributed by atoms with Gasteiger partial charge in [0.15, 0.2) is 0 Å².